The zero-order chi connectivity index (χ0) is 13.7. The highest BCUT2D eigenvalue weighted by molar-refractivity contribution is 5.82. The molecule has 0 spiro atoms. The van der Waals surface area contributed by atoms with E-state index >= 15 is 0 Å². The summed E-state index contributed by atoms with van der Waals surface area (Å²) in [5.74, 6) is 0.291. The Morgan fingerprint density at radius 2 is 2.11 bits per heavy atom. The molecule has 19 heavy (non-hydrogen) atoms. The molecule has 2 rings (SSSR count). The van der Waals surface area contributed by atoms with Crippen molar-refractivity contribution in [2.45, 2.75) is 33.2 Å². The predicted octanol–water partition coefficient (Wildman–Crippen LogP) is 0.482. The van der Waals surface area contributed by atoms with Crippen LogP contribution in [0.25, 0.3) is 0 Å². The summed E-state index contributed by atoms with van der Waals surface area (Å²) in [6.07, 6.45) is 1.43. The second kappa shape index (κ2) is 6.82. The lowest BCUT2D eigenvalue weighted by atomic mass is 10.2. The number of Topliss-reactive ketones (excluding diaryl/α,β-unsaturated/α-hetero) is 1. The van der Waals surface area contributed by atoms with Gasteiger partial charge in [0, 0.05) is 44.8 Å². The maximum atomic E-state index is 12.1. The number of aryl methyl sites for hydroxylation is 2. The van der Waals surface area contributed by atoms with Crippen LogP contribution >= 0.6 is 0 Å². The fourth-order valence-electron chi connectivity index (χ4n) is 2.48. The van der Waals surface area contributed by atoms with Crippen LogP contribution < -0.4 is 5.32 Å². The van der Waals surface area contributed by atoms with Crippen molar-refractivity contribution in [1.29, 1.82) is 0 Å². The first-order valence-electron chi connectivity index (χ1n) is 7.23. The lowest BCUT2D eigenvalue weighted by molar-refractivity contribution is -0.119. The van der Waals surface area contributed by atoms with E-state index in [0.29, 0.717) is 18.7 Å². The molecule has 1 aliphatic rings. The van der Waals surface area contributed by atoms with Gasteiger partial charge in [-0.15, -0.1) is 0 Å². The number of nitrogens with zero attached hydrogens (tertiary/aromatic N) is 3. The van der Waals surface area contributed by atoms with E-state index in [2.05, 4.69) is 35.2 Å². The lowest BCUT2D eigenvalue weighted by Gasteiger charge is -2.26. The van der Waals surface area contributed by atoms with E-state index in [9.17, 15) is 4.79 Å². The third kappa shape index (κ3) is 3.88. The van der Waals surface area contributed by atoms with Crippen molar-refractivity contribution in [3.05, 3.63) is 17.5 Å². The van der Waals surface area contributed by atoms with Crippen LogP contribution in [0.4, 0.5) is 0 Å². The number of hydrogen-bond donors (Lipinski definition) is 1. The summed E-state index contributed by atoms with van der Waals surface area (Å²) in [7, 11) is 0. The zero-order valence-corrected chi connectivity index (χ0v) is 12.0. The van der Waals surface area contributed by atoms with Gasteiger partial charge < -0.3 is 5.32 Å². The number of rotatable bonds is 6. The summed E-state index contributed by atoms with van der Waals surface area (Å²) in [6.45, 7) is 9.47. The molecule has 1 aliphatic heterocycles. The highest BCUT2D eigenvalue weighted by atomic mass is 16.1. The molecular formula is C14H24N4O. The quantitative estimate of drug-likeness (QED) is 0.812. The predicted molar refractivity (Wildman–Crippen MR) is 75.3 cm³/mol. The Kier molecular flexibility index (Phi) is 5.10. The molecule has 1 aromatic rings. The number of carbonyl (C=O) groups is 1. The molecule has 0 bridgehead atoms. The summed E-state index contributed by atoms with van der Waals surface area (Å²) in [4.78, 5) is 14.4. The number of hydrogen-bond acceptors (Lipinski definition) is 4. The van der Waals surface area contributed by atoms with E-state index in [1.54, 1.807) is 0 Å². The molecule has 0 radical (unpaired) electrons. The van der Waals surface area contributed by atoms with Gasteiger partial charge in [-0.3, -0.25) is 14.4 Å². The van der Waals surface area contributed by atoms with Crippen LogP contribution in [0.1, 0.15) is 25.2 Å². The van der Waals surface area contributed by atoms with Crippen LogP contribution in [0.5, 0.6) is 0 Å². The van der Waals surface area contributed by atoms with E-state index in [0.717, 1.165) is 50.5 Å². The Balaban J connectivity index is 1.92. The van der Waals surface area contributed by atoms with Gasteiger partial charge in [0.15, 0.2) is 5.78 Å². The van der Waals surface area contributed by atoms with Gasteiger partial charge in [-0.25, -0.2) is 0 Å². The van der Waals surface area contributed by atoms with E-state index in [1.807, 2.05) is 4.68 Å². The van der Waals surface area contributed by atoms with Crippen LogP contribution in [0.2, 0.25) is 0 Å². The topological polar surface area (TPSA) is 50.2 Å². The largest absolute Gasteiger partial charge is 0.314 e. The van der Waals surface area contributed by atoms with Crippen LogP contribution in [0, 0.1) is 0 Å². The smallest absolute Gasteiger partial charge is 0.152 e. The third-order valence-corrected chi connectivity index (χ3v) is 3.56. The molecule has 5 heteroatoms. The lowest BCUT2D eigenvalue weighted by Crippen LogP contribution is -2.45. The Hall–Kier alpha value is -1.20. The van der Waals surface area contributed by atoms with Gasteiger partial charge in [-0.2, -0.15) is 5.10 Å². The van der Waals surface area contributed by atoms with Crippen molar-refractivity contribution in [3.8, 4) is 0 Å². The Morgan fingerprint density at radius 1 is 1.37 bits per heavy atom. The number of nitrogens with one attached hydrogen (secondary N) is 1. The molecule has 1 N–H and O–H groups in total. The number of aromatic nitrogens is 2. The first kappa shape index (κ1) is 14.2. The SMILES string of the molecule is CCc1cc(CC(=O)CN2CCNCC2)n(CC)n1. The van der Waals surface area contributed by atoms with E-state index in [-0.39, 0.29) is 0 Å². The Bertz CT molecular complexity index is 421. The summed E-state index contributed by atoms with van der Waals surface area (Å²) in [5, 5.41) is 7.79. The maximum Gasteiger partial charge on any atom is 0.152 e. The summed E-state index contributed by atoms with van der Waals surface area (Å²) in [6, 6.07) is 2.07. The fourth-order valence-corrected chi connectivity index (χ4v) is 2.48. The second-order valence-electron chi connectivity index (χ2n) is 5.04. The molecule has 0 aromatic carbocycles. The number of piperazine rings is 1. The van der Waals surface area contributed by atoms with Gasteiger partial charge in [0.1, 0.15) is 0 Å². The zero-order valence-electron chi connectivity index (χ0n) is 12.0. The van der Waals surface area contributed by atoms with Crippen molar-refractivity contribution in [1.82, 2.24) is 20.0 Å². The van der Waals surface area contributed by atoms with Crippen molar-refractivity contribution in [3.63, 3.8) is 0 Å². The van der Waals surface area contributed by atoms with Gasteiger partial charge in [-0.1, -0.05) is 6.92 Å². The molecule has 106 valence electrons. The Morgan fingerprint density at radius 3 is 2.74 bits per heavy atom. The highest BCUT2D eigenvalue weighted by Crippen LogP contribution is 2.07. The van der Waals surface area contributed by atoms with Gasteiger partial charge in [-0.05, 0) is 19.4 Å². The van der Waals surface area contributed by atoms with E-state index < -0.39 is 0 Å². The molecule has 0 unspecified atom stereocenters. The average molecular weight is 264 g/mol. The van der Waals surface area contributed by atoms with E-state index in [1.165, 1.54) is 0 Å². The normalized spacial score (nSPS) is 16.7. The van der Waals surface area contributed by atoms with Crippen LogP contribution in [-0.4, -0.2) is 53.2 Å². The summed E-state index contributed by atoms with van der Waals surface area (Å²) >= 11 is 0. The van der Waals surface area contributed by atoms with Gasteiger partial charge in [0.2, 0.25) is 0 Å². The van der Waals surface area contributed by atoms with Gasteiger partial charge >= 0.3 is 0 Å². The third-order valence-electron chi connectivity index (χ3n) is 3.56. The molecule has 0 saturated carbocycles. The average Bonchev–Trinajstić information content (AvgIpc) is 2.82. The van der Waals surface area contributed by atoms with Gasteiger partial charge in [0.25, 0.3) is 0 Å². The molecular weight excluding hydrogens is 240 g/mol. The Labute approximate surface area is 115 Å². The van der Waals surface area contributed by atoms with Gasteiger partial charge in [0.05, 0.1) is 12.2 Å². The molecule has 2 heterocycles. The minimum Gasteiger partial charge on any atom is -0.314 e. The standard InChI is InChI=1S/C14H24N4O/c1-3-12-9-13(18(4-2)16-12)10-14(19)11-17-7-5-15-6-8-17/h9,15H,3-8,10-11H2,1-2H3. The highest BCUT2D eigenvalue weighted by Gasteiger charge is 2.15. The first-order chi connectivity index (χ1) is 9.22. The number of ketones is 1. The maximum absolute atomic E-state index is 12.1. The monoisotopic (exact) mass is 264 g/mol. The van der Waals surface area contributed by atoms with Crippen molar-refractivity contribution in [2.75, 3.05) is 32.7 Å². The fraction of sp³-hybridized carbons (Fsp3) is 0.714. The molecule has 0 atom stereocenters. The minimum atomic E-state index is 0.291. The van der Waals surface area contributed by atoms with Crippen molar-refractivity contribution >= 4 is 5.78 Å². The van der Waals surface area contributed by atoms with Crippen LogP contribution in [0.15, 0.2) is 6.07 Å². The summed E-state index contributed by atoms with van der Waals surface area (Å²) in [5.41, 5.74) is 2.13. The number of carbonyl (C=O) groups excluding carboxylic acids is 1. The summed E-state index contributed by atoms with van der Waals surface area (Å²) < 4.78 is 1.95. The second-order valence-corrected chi connectivity index (χ2v) is 5.04. The molecule has 0 amide bonds. The van der Waals surface area contributed by atoms with Crippen LogP contribution in [0.3, 0.4) is 0 Å². The van der Waals surface area contributed by atoms with Crippen molar-refractivity contribution in [2.24, 2.45) is 0 Å². The molecule has 1 fully saturated rings. The van der Waals surface area contributed by atoms with Crippen LogP contribution in [-0.2, 0) is 24.2 Å². The minimum absolute atomic E-state index is 0.291. The van der Waals surface area contributed by atoms with E-state index in [4.69, 9.17) is 0 Å². The first-order valence-corrected chi connectivity index (χ1v) is 7.23. The molecule has 1 saturated heterocycles. The van der Waals surface area contributed by atoms with Crippen molar-refractivity contribution < 1.29 is 4.79 Å². The molecule has 5 nitrogen and oxygen atoms in total. The molecule has 1 aromatic heterocycles. The molecule has 0 aliphatic carbocycles.